The van der Waals surface area contributed by atoms with Crippen molar-refractivity contribution in [2.75, 3.05) is 31.9 Å². The van der Waals surface area contributed by atoms with Gasteiger partial charge in [-0.25, -0.2) is 25.4 Å². The van der Waals surface area contributed by atoms with Gasteiger partial charge in [0, 0.05) is 21.2 Å². The van der Waals surface area contributed by atoms with Crippen LogP contribution >= 0.6 is 36.1 Å². The van der Waals surface area contributed by atoms with E-state index in [0.29, 0.717) is 36.1 Å². The number of nitrogens with one attached hydrogen (secondary N) is 6. The number of benzene rings is 4. The van der Waals surface area contributed by atoms with E-state index in [9.17, 15) is 78.5 Å². The van der Waals surface area contributed by atoms with E-state index in [1.54, 1.807) is 0 Å². The number of aliphatic carboxylic acids is 4. The predicted octanol–water partition coefficient (Wildman–Crippen LogP) is 4.91. The number of aromatic nitrogens is 6. The topological polar surface area (TPSA) is 578 Å². The Balaban J connectivity index is 1.36. The van der Waals surface area contributed by atoms with Crippen LogP contribution < -0.4 is 31.9 Å². The highest BCUT2D eigenvalue weighted by Gasteiger charge is 2.26. The summed E-state index contributed by atoms with van der Waals surface area (Å²) in [7, 11) is -15.0. The second kappa shape index (κ2) is 28.8. The summed E-state index contributed by atoms with van der Waals surface area (Å²) in [6, 6.07) is 9.48. The molecule has 0 aliphatic carbocycles. The molecule has 0 saturated carbocycles. The van der Waals surface area contributed by atoms with Crippen molar-refractivity contribution in [2.45, 2.75) is 54.3 Å². The van der Waals surface area contributed by atoms with Crippen LogP contribution in [0.1, 0.15) is 24.0 Å². The van der Waals surface area contributed by atoms with Gasteiger partial charge in [0.25, 0.3) is 30.4 Å². The number of carboxylic acid groups (broad SMARTS) is 4. The molecule has 2 aromatic heterocycles. The second-order valence-electron chi connectivity index (χ2n) is 15.6. The molecule has 448 valence electrons. The third-order valence-corrected chi connectivity index (χ3v) is 14.5. The van der Waals surface area contributed by atoms with Crippen LogP contribution in [0.2, 0.25) is 0 Å². The standard InChI is InChI=1S/C40H36N12O26S6/c53-31(54)15-25(33(57)58)45-39-49-35(47-37(51-39)43-23-14-22(82(64,65)66)8-9-27(23)80-77-74-62)41-19-5-3-17(28(11-19)81-78-75-63)1-2-18-4-6-20(12-30(18)84(70,71)72)42-36-48-38(52-40(50-36)46-26(34(59)60)16-32(55)56)44-24-13-21(79-76-73-61)7-10-29(24)83(67,68)69/h1-14,25-26,61-63H,15-16H2,(H,53,54)(H,55,56)(H,57,58)(H,59,60)(H,64,65,66)(H,67,68,69)(H,70,71,72)(H3,41,43,45,47,49,51)(H3,42,44,46,48,50,52)/b2-1+. The van der Waals surface area contributed by atoms with Gasteiger partial charge in [0.15, 0.2) is 0 Å². The summed E-state index contributed by atoms with van der Waals surface area (Å²) >= 11 is 1.05. The maximum Gasteiger partial charge on any atom is 0.326 e. The smallest absolute Gasteiger partial charge is 0.326 e. The molecule has 0 aliphatic heterocycles. The van der Waals surface area contributed by atoms with Crippen molar-refractivity contribution < 1.29 is 122 Å². The summed E-state index contributed by atoms with van der Waals surface area (Å²) in [5.74, 6) is -9.86. The average molecular weight is 1290 g/mol. The van der Waals surface area contributed by atoms with Crippen LogP contribution in [0.4, 0.5) is 58.4 Å². The van der Waals surface area contributed by atoms with Gasteiger partial charge in [-0.2, -0.15) is 55.2 Å². The molecule has 2 heterocycles. The molecule has 6 rings (SSSR count). The summed E-state index contributed by atoms with van der Waals surface area (Å²) < 4.78 is 118. The lowest BCUT2D eigenvalue weighted by Gasteiger charge is -2.16. The highest BCUT2D eigenvalue weighted by atomic mass is 32.2. The van der Waals surface area contributed by atoms with E-state index in [4.69, 9.17) is 15.8 Å². The molecule has 0 amide bonds. The number of nitrogens with zero attached hydrogens (tertiary/aromatic N) is 6. The molecule has 44 heteroatoms. The van der Waals surface area contributed by atoms with Gasteiger partial charge in [-0.15, -0.1) is 13.0 Å². The Labute approximate surface area is 481 Å². The molecule has 0 fully saturated rings. The normalized spacial score (nSPS) is 12.5. The lowest BCUT2D eigenvalue weighted by molar-refractivity contribution is -0.432. The maximum atomic E-state index is 12.9. The summed E-state index contributed by atoms with van der Waals surface area (Å²) in [6.07, 6.45) is 0.444. The van der Waals surface area contributed by atoms with Crippen LogP contribution in [0.3, 0.4) is 0 Å². The van der Waals surface area contributed by atoms with Gasteiger partial charge < -0.3 is 52.3 Å². The van der Waals surface area contributed by atoms with Gasteiger partial charge >= 0.3 is 23.9 Å². The highest BCUT2D eigenvalue weighted by molar-refractivity contribution is 7.95. The minimum absolute atomic E-state index is 0.0336. The van der Waals surface area contributed by atoms with Gasteiger partial charge in [-0.1, -0.05) is 39.4 Å². The van der Waals surface area contributed by atoms with Crippen molar-refractivity contribution in [1.82, 2.24) is 29.9 Å². The van der Waals surface area contributed by atoms with Crippen molar-refractivity contribution in [3.05, 3.63) is 83.9 Å². The molecule has 16 N–H and O–H groups in total. The first-order valence-corrected chi connectivity index (χ1v) is 28.3. The fraction of sp³-hybridized carbons (Fsp3) is 0.100. The first-order chi connectivity index (χ1) is 39.6. The van der Waals surface area contributed by atoms with Crippen molar-refractivity contribution in [1.29, 1.82) is 0 Å². The molecule has 38 nitrogen and oxygen atoms in total. The zero-order valence-electron chi connectivity index (χ0n) is 40.8. The van der Waals surface area contributed by atoms with E-state index < -0.39 is 135 Å². The Bertz CT molecular complexity index is 3840. The van der Waals surface area contributed by atoms with E-state index >= 15 is 0 Å². The summed E-state index contributed by atoms with van der Waals surface area (Å²) in [6.45, 7) is 0. The molecule has 0 radical (unpaired) electrons. The van der Waals surface area contributed by atoms with Crippen LogP contribution in [0.15, 0.2) is 102 Å². The Morgan fingerprint density at radius 1 is 0.476 bits per heavy atom. The number of anilines is 10. The lowest BCUT2D eigenvalue weighted by atomic mass is 10.1. The van der Waals surface area contributed by atoms with E-state index in [0.717, 1.165) is 48.5 Å². The first-order valence-electron chi connectivity index (χ1n) is 21.8. The quantitative estimate of drug-likeness (QED) is 0.00877. The average Bonchev–Trinajstić information content (AvgIpc) is 3.47. The minimum Gasteiger partial charge on any atom is -0.481 e. The Morgan fingerprint density at radius 2 is 0.929 bits per heavy atom. The highest BCUT2D eigenvalue weighted by Crippen LogP contribution is 2.35. The molecule has 0 bridgehead atoms. The molecular formula is C40H36N12O26S6. The molecule has 0 aliphatic rings. The molecule has 0 spiro atoms. The van der Waals surface area contributed by atoms with Gasteiger partial charge in [-0.05, 0) is 71.8 Å². The van der Waals surface area contributed by atoms with Crippen molar-refractivity contribution in [3.8, 4) is 0 Å². The van der Waals surface area contributed by atoms with Gasteiger partial charge in [0.1, 0.15) is 21.9 Å². The number of carboxylic acids is 4. The van der Waals surface area contributed by atoms with Gasteiger partial charge in [0.05, 0.1) is 70.1 Å². The Kier molecular flexibility index (Phi) is 22.3. The van der Waals surface area contributed by atoms with E-state index in [2.05, 4.69) is 89.9 Å². The number of rotatable bonds is 32. The summed E-state index contributed by atoms with van der Waals surface area (Å²) in [5, 5.41) is 90.4. The molecule has 6 aromatic rings. The van der Waals surface area contributed by atoms with E-state index in [1.807, 2.05) is 0 Å². The Morgan fingerprint density at radius 3 is 1.42 bits per heavy atom. The zero-order chi connectivity index (χ0) is 61.5. The number of carbonyl (C=O) groups is 4. The number of hydrogen-bond acceptors (Lipinski definition) is 34. The molecule has 2 unspecified atom stereocenters. The molecule has 0 saturated heterocycles. The van der Waals surface area contributed by atoms with Crippen LogP contribution in [0.25, 0.3) is 12.2 Å². The zero-order valence-corrected chi connectivity index (χ0v) is 45.7. The van der Waals surface area contributed by atoms with Crippen LogP contribution in [-0.4, -0.2) is 141 Å². The summed E-state index contributed by atoms with van der Waals surface area (Å²) in [4.78, 5) is 69.1. The van der Waals surface area contributed by atoms with Crippen molar-refractivity contribution in [2.24, 2.45) is 0 Å². The molecular weight excluding hydrogens is 1260 g/mol. The SMILES string of the molecule is O=C(O)CC(Nc1nc(Nc2ccc(/C=C/c3ccc(Nc4nc(Nc5cc(SOOO)ccc5S(=O)(=O)O)nc(NC(CC(=O)O)C(=O)O)n4)cc3S(=O)(=O)O)c(SOOO)c2)nc(Nc2cc(S(=O)(=O)O)ccc2SOOO)n1)C(=O)O. The van der Waals surface area contributed by atoms with Crippen LogP contribution in [0.5, 0.6) is 0 Å². The molecule has 2 atom stereocenters. The van der Waals surface area contributed by atoms with Gasteiger partial charge in [-0.3, -0.25) is 23.2 Å². The lowest BCUT2D eigenvalue weighted by Crippen LogP contribution is -2.32. The van der Waals surface area contributed by atoms with E-state index in [1.165, 1.54) is 36.4 Å². The predicted molar refractivity (Wildman–Crippen MR) is 283 cm³/mol. The molecule has 4 aromatic carbocycles. The van der Waals surface area contributed by atoms with Crippen molar-refractivity contribution >= 4 is 161 Å². The fourth-order valence-corrected chi connectivity index (χ4v) is 9.70. The Hall–Kier alpha value is -8.26. The maximum absolute atomic E-state index is 12.9. The third-order valence-electron chi connectivity index (χ3n) is 9.93. The first kappa shape index (κ1) is 64.9. The fourth-order valence-electron chi connectivity index (χ4n) is 6.52. The summed E-state index contributed by atoms with van der Waals surface area (Å²) in [5.41, 5.74) is -0.922. The van der Waals surface area contributed by atoms with Gasteiger partial charge in [0.2, 0.25) is 35.7 Å². The monoisotopic (exact) mass is 1290 g/mol. The van der Waals surface area contributed by atoms with E-state index in [-0.39, 0.29) is 42.9 Å². The second-order valence-corrected chi connectivity index (χ2v) is 22.1. The van der Waals surface area contributed by atoms with Crippen LogP contribution in [0, 0.1) is 0 Å². The third kappa shape index (κ3) is 19.1. The van der Waals surface area contributed by atoms with Crippen LogP contribution in [-0.2, 0) is 77.6 Å². The minimum atomic E-state index is -5.16. The van der Waals surface area contributed by atoms with Crippen molar-refractivity contribution in [3.63, 3.8) is 0 Å². The molecule has 84 heavy (non-hydrogen) atoms. The number of hydrogen-bond donors (Lipinski definition) is 16. The largest absolute Gasteiger partial charge is 0.481 e.